The maximum absolute atomic E-state index is 12.4. The summed E-state index contributed by atoms with van der Waals surface area (Å²) in [4.78, 5) is 26.5. The SMILES string of the molecule is Cc1cccc(OCCCNC(=O)N2CCC(C(=O)Nc3ccccc3)CC2)c1. The summed E-state index contributed by atoms with van der Waals surface area (Å²) >= 11 is 0. The Balaban J connectivity index is 1.31. The number of hydrogen-bond donors (Lipinski definition) is 2. The lowest BCUT2D eigenvalue weighted by Crippen LogP contribution is -2.46. The summed E-state index contributed by atoms with van der Waals surface area (Å²) in [6.07, 6.45) is 2.11. The van der Waals surface area contributed by atoms with Crippen LogP contribution in [0.1, 0.15) is 24.8 Å². The summed E-state index contributed by atoms with van der Waals surface area (Å²) in [7, 11) is 0. The number of piperidine rings is 1. The van der Waals surface area contributed by atoms with E-state index in [0.717, 1.165) is 23.4 Å². The molecule has 0 bridgehead atoms. The third-order valence-corrected chi connectivity index (χ3v) is 5.05. The van der Waals surface area contributed by atoms with E-state index in [0.29, 0.717) is 39.1 Å². The normalized spacial score (nSPS) is 14.3. The number of rotatable bonds is 7. The van der Waals surface area contributed by atoms with E-state index < -0.39 is 0 Å². The van der Waals surface area contributed by atoms with Crippen molar-refractivity contribution in [1.29, 1.82) is 0 Å². The number of ether oxygens (including phenoxy) is 1. The van der Waals surface area contributed by atoms with Crippen LogP contribution in [0.2, 0.25) is 0 Å². The van der Waals surface area contributed by atoms with Crippen LogP contribution in [-0.4, -0.2) is 43.1 Å². The highest BCUT2D eigenvalue weighted by molar-refractivity contribution is 5.92. The second-order valence-corrected chi connectivity index (χ2v) is 7.37. The Morgan fingerprint density at radius 1 is 1.07 bits per heavy atom. The van der Waals surface area contributed by atoms with Crippen LogP contribution in [0.15, 0.2) is 54.6 Å². The molecule has 3 rings (SSSR count). The van der Waals surface area contributed by atoms with Crippen molar-refractivity contribution in [3.05, 3.63) is 60.2 Å². The number of para-hydroxylation sites is 1. The molecule has 6 heteroatoms. The number of hydrogen-bond acceptors (Lipinski definition) is 3. The lowest BCUT2D eigenvalue weighted by Gasteiger charge is -2.31. The molecule has 2 N–H and O–H groups in total. The van der Waals surface area contributed by atoms with Gasteiger partial charge in [-0.15, -0.1) is 0 Å². The summed E-state index contributed by atoms with van der Waals surface area (Å²) in [5, 5.41) is 5.89. The van der Waals surface area contributed by atoms with Crippen LogP contribution < -0.4 is 15.4 Å². The lowest BCUT2D eigenvalue weighted by molar-refractivity contribution is -0.121. The highest BCUT2D eigenvalue weighted by Gasteiger charge is 2.27. The average Bonchev–Trinajstić information content (AvgIpc) is 2.74. The Morgan fingerprint density at radius 3 is 2.55 bits per heavy atom. The second-order valence-electron chi connectivity index (χ2n) is 7.37. The largest absolute Gasteiger partial charge is 0.494 e. The Kier molecular flexibility index (Phi) is 7.50. The number of urea groups is 1. The van der Waals surface area contributed by atoms with Crippen molar-refractivity contribution in [2.24, 2.45) is 5.92 Å². The molecule has 0 atom stereocenters. The highest BCUT2D eigenvalue weighted by Crippen LogP contribution is 2.19. The molecule has 0 aliphatic carbocycles. The van der Waals surface area contributed by atoms with E-state index in [4.69, 9.17) is 4.74 Å². The van der Waals surface area contributed by atoms with Gasteiger partial charge in [-0.3, -0.25) is 4.79 Å². The van der Waals surface area contributed by atoms with Crippen molar-refractivity contribution in [3.8, 4) is 5.75 Å². The highest BCUT2D eigenvalue weighted by atomic mass is 16.5. The van der Waals surface area contributed by atoms with Gasteiger partial charge in [-0.1, -0.05) is 30.3 Å². The molecular weight excluding hydrogens is 366 g/mol. The number of likely N-dealkylation sites (tertiary alicyclic amines) is 1. The zero-order chi connectivity index (χ0) is 20.5. The number of anilines is 1. The van der Waals surface area contributed by atoms with Crippen LogP contribution in [0.25, 0.3) is 0 Å². The zero-order valence-corrected chi connectivity index (χ0v) is 16.9. The first kappa shape index (κ1) is 20.7. The molecule has 2 aromatic carbocycles. The summed E-state index contributed by atoms with van der Waals surface area (Å²) in [5.74, 6) is 0.832. The molecule has 1 saturated heterocycles. The molecule has 0 spiro atoms. The molecule has 1 aliphatic rings. The average molecular weight is 396 g/mol. The van der Waals surface area contributed by atoms with Crippen molar-refractivity contribution >= 4 is 17.6 Å². The molecule has 6 nitrogen and oxygen atoms in total. The Labute approximate surface area is 172 Å². The van der Waals surface area contributed by atoms with Crippen molar-refractivity contribution in [3.63, 3.8) is 0 Å². The van der Waals surface area contributed by atoms with Crippen molar-refractivity contribution < 1.29 is 14.3 Å². The minimum Gasteiger partial charge on any atom is -0.494 e. The monoisotopic (exact) mass is 395 g/mol. The molecule has 154 valence electrons. The Hall–Kier alpha value is -3.02. The molecule has 0 radical (unpaired) electrons. The first-order chi connectivity index (χ1) is 14.1. The first-order valence-electron chi connectivity index (χ1n) is 10.2. The first-order valence-corrected chi connectivity index (χ1v) is 10.2. The van der Waals surface area contributed by atoms with Gasteiger partial charge in [-0.2, -0.15) is 0 Å². The quantitative estimate of drug-likeness (QED) is 0.700. The van der Waals surface area contributed by atoms with E-state index in [-0.39, 0.29) is 17.9 Å². The van der Waals surface area contributed by atoms with Crippen LogP contribution in [0.5, 0.6) is 5.75 Å². The van der Waals surface area contributed by atoms with Crippen molar-refractivity contribution in [2.75, 3.05) is 31.6 Å². The number of carbonyl (C=O) groups excluding carboxylic acids is 2. The van der Waals surface area contributed by atoms with Gasteiger partial charge in [0.25, 0.3) is 0 Å². The number of carbonyl (C=O) groups is 2. The number of nitrogens with one attached hydrogen (secondary N) is 2. The summed E-state index contributed by atoms with van der Waals surface area (Å²) < 4.78 is 5.69. The van der Waals surface area contributed by atoms with E-state index in [9.17, 15) is 9.59 Å². The standard InChI is InChI=1S/C23H29N3O3/c1-18-7-5-10-21(17-18)29-16-6-13-24-23(28)26-14-11-19(12-15-26)22(27)25-20-8-3-2-4-9-20/h2-5,7-10,17,19H,6,11-16H2,1H3,(H,24,28)(H,25,27). The molecule has 0 aromatic heterocycles. The van der Waals surface area contributed by atoms with Crippen LogP contribution >= 0.6 is 0 Å². The van der Waals surface area contributed by atoms with Gasteiger partial charge in [0.1, 0.15) is 5.75 Å². The van der Waals surface area contributed by atoms with Gasteiger partial charge in [0.2, 0.25) is 5.91 Å². The minimum atomic E-state index is -0.0672. The van der Waals surface area contributed by atoms with E-state index in [1.165, 1.54) is 0 Å². The van der Waals surface area contributed by atoms with Gasteiger partial charge in [0.15, 0.2) is 0 Å². The van der Waals surface area contributed by atoms with E-state index >= 15 is 0 Å². The van der Waals surface area contributed by atoms with Crippen molar-refractivity contribution in [2.45, 2.75) is 26.2 Å². The molecule has 0 saturated carbocycles. The third-order valence-electron chi connectivity index (χ3n) is 5.05. The van der Waals surface area contributed by atoms with E-state index in [1.807, 2.05) is 61.5 Å². The molecule has 29 heavy (non-hydrogen) atoms. The summed E-state index contributed by atoms with van der Waals surface area (Å²) in [6, 6.07) is 17.3. The fourth-order valence-corrected chi connectivity index (χ4v) is 3.39. The molecule has 2 aromatic rings. The number of aryl methyl sites for hydroxylation is 1. The number of amides is 3. The Morgan fingerprint density at radius 2 is 1.83 bits per heavy atom. The van der Waals surface area contributed by atoms with Crippen LogP contribution in [-0.2, 0) is 4.79 Å². The molecule has 1 fully saturated rings. The van der Waals surface area contributed by atoms with Gasteiger partial charge in [0.05, 0.1) is 6.61 Å². The summed E-state index contributed by atoms with van der Waals surface area (Å²) in [5.41, 5.74) is 1.97. The summed E-state index contributed by atoms with van der Waals surface area (Å²) in [6.45, 7) is 4.35. The van der Waals surface area contributed by atoms with Gasteiger partial charge >= 0.3 is 6.03 Å². The smallest absolute Gasteiger partial charge is 0.317 e. The van der Waals surface area contributed by atoms with Crippen molar-refractivity contribution in [1.82, 2.24) is 10.2 Å². The lowest BCUT2D eigenvalue weighted by atomic mass is 9.96. The van der Waals surface area contributed by atoms with Gasteiger partial charge in [-0.05, 0) is 56.0 Å². The number of benzene rings is 2. The molecule has 0 unspecified atom stereocenters. The van der Waals surface area contributed by atoms with Gasteiger partial charge in [0, 0.05) is 31.2 Å². The maximum atomic E-state index is 12.4. The predicted octanol–water partition coefficient (Wildman–Crippen LogP) is 3.82. The minimum absolute atomic E-state index is 0.0320. The van der Waals surface area contributed by atoms with Gasteiger partial charge in [-0.25, -0.2) is 4.79 Å². The fourth-order valence-electron chi connectivity index (χ4n) is 3.39. The molecule has 3 amide bonds. The predicted molar refractivity (Wildman–Crippen MR) is 114 cm³/mol. The van der Waals surface area contributed by atoms with Crippen LogP contribution in [0.4, 0.5) is 10.5 Å². The maximum Gasteiger partial charge on any atom is 0.317 e. The van der Waals surface area contributed by atoms with E-state index in [1.54, 1.807) is 4.90 Å². The molecule has 1 heterocycles. The van der Waals surface area contributed by atoms with E-state index in [2.05, 4.69) is 10.6 Å². The Bertz CT molecular complexity index is 802. The molecular formula is C23H29N3O3. The topological polar surface area (TPSA) is 70.7 Å². The van der Waals surface area contributed by atoms with Crippen LogP contribution in [0, 0.1) is 12.8 Å². The van der Waals surface area contributed by atoms with Crippen LogP contribution in [0.3, 0.4) is 0 Å². The zero-order valence-electron chi connectivity index (χ0n) is 16.9. The third kappa shape index (κ3) is 6.52. The molecule has 1 aliphatic heterocycles. The second kappa shape index (κ2) is 10.5. The number of nitrogens with zero attached hydrogens (tertiary/aromatic N) is 1. The fraction of sp³-hybridized carbons (Fsp3) is 0.391. The van der Waals surface area contributed by atoms with Gasteiger partial charge < -0.3 is 20.3 Å².